The molecule has 0 saturated carbocycles. The zero-order valence-corrected chi connectivity index (χ0v) is 6.21. The lowest BCUT2D eigenvalue weighted by Gasteiger charge is -2.25. The number of nitrogens with zero attached hydrogens (tertiary/aromatic N) is 1. The van der Waals surface area contributed by atoms with Crippen LogP contribution in [0, 0.1) is 0 Å². The SMILES string of the molecule is C=CCN1C[C@H]2C[C@@H]1CN2. The van der Waals surface area contributed by atoms with Crippen LogP contribution in [0.3, 0.4) is 0 Å². The fourth-order valence-corrected chi connectivity index (χ4v) is 2.04. The van der Waals surface area contributed by atoms with Crippen molar-refractivity contribution < 1.29 is 0 Å². The van der Waals surface area contributed by atoms with Crippen molar-refractivity contribution in [3.63, 3.8) is 0 Å². The van der Waals surface area contributed by atoms with Gasteiger partial charge in [0.1, 0.15) is 0 Å². The normalized spacial score (nSPS) is 38.8. The molecule has 0 aromatic rings. The Bertz CT molecular complexity index is 144. The van der Waals surface area contributed by atoms with Gasteiger partial charge in [-0.1, -0.05) is 6.08 Å². The second kappa shape index (κ2) is 2.36. The molecule has 0 aromatic heterocycles. The zero-order chi connectivity index (χ0) is 6.97. The smallest absolute Gasteiger partial charge is 0.0239 e. The molecule has 0 radical (unpaired) electrons. The van der Waals surface area contributed by atoms with Crippen molar-refractivity contribution in [1.29, 1.82) is 0 Å². The molecule has 10 heavy (non-hydrogen) atoms. The number of piperazine rings is 1. The monoisotopic (exact) mass is 138 g/mol. The standard InChI is InChI=1S/C8H14N2/c1-2-3-10-6-7-4-8(10)5-9-7/h2,7-9H,1,3-6H2/t7-,8-/m1/s1. The van der Waals surface area contributed by atoms with Crippen molar-refractivity contribution in [3.8, 4) is 0 Å². The molecule has 0 aromatic carbocycles. The Balaban J connectivity index is 1.95. The van der Waals surface area contributed by atoms with Crippen LogP contribution in [0.5, 0.6) is 0 Å². The van der Waals surface area contributed by atoms with Gasteiger partial charge in [0.2, 0.25) is 0 Å². The highest BCUT2D eigenvalue weighted by Crippen LogP contribution is 2.22. The number of hydrogen-bond acceptors (Lipinski definition) is 2. The van der Waals surface area contributed by atoms with Gasteiger partial charge in [-0.25, -0.2) is 0 Å². The summed E-state index contributed by atoms with van der Waals surface area (Å²) in [5.41, 5.74) is 0. The number of nitrogens with one attached hydrogen (secondary N) is 1. The van der Waals surface area contributed by atoms with Crippen molar-refractivity contribution >= 4 is 0 Å². The van der Waals surface area contributed by atoms with Crippen LogP contribution in [0.25, 0.3) is 0 Å². The molecule has 2 heteroatoms. The van der Waals surface area contributed by atoms with Gasteiger partial charge in [-0.15, -0.1) is 6.58 Å². The summed E-state index contributed by atoms with van der Waals surface area (Å²) in [4.78, 5) is 2.51. The molecule has 1 N–H and O–H groups in total. The lowest BCUT2D eigenvalue weighted by molar-refractivity contribution is 0.249. The van der Waals surface area contributed by atoms with Crippen LogP contribution >= 0.6 is 0 Å². The van der Waals surface area contributed by atoms with E-state index in [0.717, 1.165) is 18.6 Å². The fraction of sp³-hybridized carbons (Fsp3) is 0.750. The first-order valence-corrected chi connectivity index (χ1v) is 3.98. The largest absolute Gasteiger partial charge is 0.311 e. The van der Waals surface area contributed by atoms with Crippen molar-refractivity contribution in [2.45, 2.75) is 18.5 Å². The Morgan fingerprint density at radius 1 is 1.70 bits per heavy atom. The predicted octanol–water partition coefficient (Wildman–Crippen LogP) is 0.218. The third kappa shape index (κ3) is 0.879. The Morgan fingerprint density at radius 2 is 2.60 bits per heavy atom. The summed E-state index contributed by atoms with van der Waals surface area (Å²) < 4.78 is 0. The van der Waals surface area contributed by atoms with Gasteiger partial charge in [-0.2, -0.15) is 0 Å². The third-order valence-corrected chi connectivity index (χ3v) is 2.53. The van der Waals surface area contributed by atoms with Gasteiger partial charge in [0.25, 0.3) is 0 Å². The Hall–Kier alpha value is -0.340. The molecule has 2 heterocycles. The molecular weight excluding hydrogens is 124 g/mol. The number of hydrogen-bond donors (Lipinski definition) is 1. The summed E-state index contributed by atoms with van der Waals surface area (Å²) in [7, 11) is 0. The summed E-state index contributed by atoms with van der Waals surface area (Å²) in [6.45, 7) is 7.24. The Kier molecular flexibility index (Phi) is 1.51. The molecule has 56 valence electrons. The predicted molar refractivity (Wildman–Crippen MR) is 42.0 cm³/mol. The minimum absolute atomic E-state index is 0.782. The molecule has 0 spiro atoms. The first-order valence-electron chi connectivity index (χ1n) is 3.98. The average molecular weight is 138 g/mol. The van der Waals surface area contributed by atoms with E-state index >= 15 is 0 Å². The molecule has 0 unspecified atom stereocenters. The Morgan fingerprint density at radius 3 is 3.10 bits per heavy atom. The lowest BCUT2D eigenvalue weighted by Crippen LogP contribution is -2.43. The highest BCUT2D eigenvalue weighted by molar-refractivity contribution is 4.98. The second-order valence-corrected chi connectivity index (χ2v) is 3.24. The number of rotatable bonds is 2. The maximum absolute atomic E-state index is 3.75. The highest BCUT2D eigenvalue weighted by atomic mass is 15.3. The fourth-order valence-electron chi connectivity index (χ4n) is 2.04. The van der Waals surface area contributed by atoms with Gasteiger partial charge >= 0.3 is 0 Å². The van der Waals surface area contributed by atoms with E-state index in [1.54, 1.807) is 0 Å². The molecule has 2 saturated heterocycles. The third-order valence-electron chi connectivity index (χ3n) is 2.53. The molecule has 2 fully saturated rings. The summed E-state index contributed by atoms with van der Waals surface area (Å²) in [6.07, 6.45) is 3.36. The molecule has 2 aliphatic heterocycles. The Labute approximate surface area is 61.9 Å². The maximum atomic E-state index is 3.75. The molecule has 2 aliphatic rings. The molecule has 2 bridgehead atoms. The maximum Gasteiger partial charge on any atom is 0.0239 e. The quantitative estimate of drug-likeness (QED) is 0.549. The molecule has 2 rings (SSSR count). The van der Waals surface area contributed by atoms with Crippen molar-refractivity contribution in [2.24, 2.45) is 0 Å². The van der Waals surface area contributed by atoms with Crippen LogP contribution < -0.4 is 5.32 Å². The van der Waals surface area contributed by atoms with E-state index in [-0.39, 0.29) is 0 Å². The summed E-state index contributed by atoms with van der Waals surface area (Å²) in [5, 5.41) is 3.47. The average Bonchev–Trinajstić information content (AvgIpc) is 2.48. The van der Waals surface area contributed by atoms with Crippen molar-refractivity contribution in [3.05, 3.63) is 12.7 Å². The van der Waals surface area contributed by atoms with Crippen LogP contribution in [0.15, 0.2) is 12.7 Å². The first kappa shape index (κ1) is 6.38. The van der Waals surface area contributed by atoms with Gasteiger partial charge in [-0.05, 0) is 6.42 Å². The van der Waals surface area contributed by atoms with Crippen LogP contribution in [-0.4, -0.2) is 36.6 Å². The molecule has 0 aliphatic carbocycles. The van der Waals surface area contributed by atoms with E-state index in [2.05, 4.69) is 16.8 Å². The lowest BCUT2D eigenvalue weighted by atomic mass is 10.2. The van der Waals surface area contributed by atoms with Crippen molar-refractivity contribution in [2.75, 3.05) is 19.6 Å². The summed E-state index contributed by atoms with van der Waals surface area (Å²) >= 11 is 0. The minimum Gasteiger partial charge on any atom is -0.311 e. The van der Waals surface area contributed by atoms with Crippen LogP contribution in [0.4, 0.5) is 0 Å². The molecule has 2 atom stereocenters. The first-order chi connectivity index (χ1) is 4.90. The molecule has 0 amide bonds. The number of likely N-dealkylation sites (tertiary alicyclic amines) is 1. The van der Waals surface area contributed by atoms with Crippen molar-refractivity contribution in [1.82, 2.24) is 10.2 Å². The number of fused-ring (bicyclic) bond motifs is 2. The minimum atomic E-state index is 0.782. The van der Waals surface area contributed by atoms with E-state index in [1.165, 1.54) is 19.5 Å². The van der Waals surface area contributed by atoms with Crippen LogP contribution in [0.2, 0.25) is 0 Å². The van der Waals surface area contributed by atoms with Gasteiger partial charge in [0, 0.05) is 31.7 Å². The second-order valence-electron chi connectivity index (χ2n) is 3.24. The van der Waals surface area contributed by atoms with Gasteiger partial charge in [0.15, 0.2) is 0 Å². The summed E-state index contributed by atoms with van der Waals surface area (Å²) in [6, 6.07) is 1.59. The van der Waals surface area contributed by atoms with Crippen LogP contribution in [0.1, 0.15) is 6.42 Å². The topological polar surface area (TPSA) is 15.3 Å². The molecule has 2 nitrogen and oxygen atoms in total. The van der Waals surface area contributed by atoms with Crippen LogP contribution in [-0.2, 0) is 0 Å². The van der Waals surface area contributed by atoms with E-state index in [4.69, 9.17) is 0 Å². The highest BCUT2D eigenvalue weighted by Gasteiger charge is 2.36. The van der Waals surface area contributed by atoms with E-state index in [0.29, 0.717) is 0 Å². The van der Waals surface area contributed by atoms with Gasteiger partial charge in [0.05, 0.1) is 0 Å². The summed E-state index contributed by atoms with van der Waals surface area (Å²) in [5.74, 6) is 0. The van der Waals surface area contributed by atoms with E-state index in [9.17, 15) is 0 Å². The zero-order valence-electron chi connectivity index (χ0n) is 6.21. The molecular formula is C8H14N2. The van der Waals surface area contributed by atoms with Gasteiger partial charge in [-0.3, -0.25) is 4.90 Å². The van der Waals surface area contributed by atoms with E-state index < -0.39 is 0 Å². The van der Waals surface area contributed by atoms with E-state index in [1.807, 2.05) is 6.08 Å². The van der Waals surface area contributed by atoms with Gasteiger partial charge < -0.3 is 5.32 Å².